The molecule has 0 bridgehead atoms. The molecule has 5 heteroatoms. The van der Waals surface area contributed by atoms with E-state index in [4.69, 9.17) is 24.7 Å². The summed E-state index contributed by atoms with van der Waals surface area (Å²) in [5.41, 5.74) is 5.29. The standard InChI is InChI=1S/C11H15NO4/c12-3-4-13-5-6-14-9-1-2-10-11(7-9)16-8-15-10/h1-2,7H,3-6,8,12H2. The fraction of sp³-hybridized carbons (Fsp3) is 0.455. The van der Waals surface area contributed by atoms with E-state index in [2.05, 4.69) is 0 Å². The minimum atomic E-state index is 0.276. The topological polar surface area (TPSA) is 62.9 Å². The highest BCUT2D eigenvalue weighted by Crippen LogP contribution is 2.34. The summed E-state index contributed by atoms with van der Waals surface area (Å²) in [6, 6.07) is 5.49. The van der Waals surface area contributed by atoms with Gasteiger partial charge in [-0.2, -0.15) is 0 Å². The molecule has 1 heterocycles. The van der Waals surface area contributed by atoms with Gasteiger partial charge in [0.15, 0.2) is 11.5 Å². The summed E-state index contributed by atoms with van der Waals surface area (Å²) >= 11 is 0. The summed E-state index contributed by atoms with van der Waals surface area (Å²) in [7, 11) is 0. The molecular formula is C11H15NO4. The molecule has 1 aliphatic heterocycles. The van der Waals surface area contributed by atoms with Crippen LogP contribution in [0.25, 0.3) is 0 Å². The smallest absolute Gasteiger partial charge is 0.231 e. The molecule has 0 amide bonds. The Balaban J connectivity index is 1.77. The molecule has 0 spiro atoms. The molecule has 0 radical (unpaired) electrons. The molecule has 0 fully saturated rings. The van der Waals surface area contributed by atoms with Gasteiger partial charge in [-0.3, -0.25) is 0 Å². The number of benzene rings is 1. The van der Waals surface area contributed by atoms with E-state index >= 15 is 0 Å². The molecule has 0 aliphatic carbocycles. The number of hydrogen-bond donors (Lipinski definition) is 1. The lowest BCUT2D eigenvalue weighted by atomic mass is 10.3. The quantitative estimate of drug-likeness (QED) is 0.724. The molecule has 0 saturated heterocycles. The Bertz CT molecular complexity index is 343. The van der Waals surface area contributed by atoms with Gasteiger partial charge >= 0.3 is 0 Å². The van der Waals surface area contributed by atoms with E-state index in [0.29, 0.717) is 26.4 Å². The number of fused-ring (bicyclic) bond motifs is 1. The molecule has 1 aromatic carbocycles. The van der Waals surface area contributed by atoms with Crippen molar-refractivity contribution >= 4 is 0 Å². The Labute approximate surface area is 94.0 Å². The van der Waals surface area contributed by atoms with Crippen LogP contribution in [0.5, 0.6) is 17.2 Å². The highest BCUT2D eigenvalue weighted by Gasteiger charge is 2.13. The fourth-order valence-corrected chi connectivity index (χ4v) is 1.37. The van der Waals surface area contributed by atoms with Crippen molar-refractivity contribution in [2.24, 2.45) is 5.73 Å². The average molecular weight is 225 g/mol. The van der Waals surface area contributed by atoms with Gasteiger partial charge in [-0.1, -0.05) is 0 Å². The molecule has 1 aromatic rings. The highest BCUT2D eigenvalue weighted by atomic mass is 16.7. The maximum absolute atomic E-state index is 5.48. The van der Waals surface area contributed by atoms with Crippen LogP contribution in [0, 0.1) is 0 Å². The number of rotatable bonds is 6. The minimum Gasteiger partial charge on any atom is -0.491 e. The van der Waals surface area contributed by atoms with Crippen molar-refractivity contribution in [2.45, 2.75) is 0 Å². The molecule has 16 heavy (non-hydrogen) atoms. The number of ether oxygens (including phenoxy) is 4. The third kappa shape index (κ3) is 2.77. The van der Waals surface area contributed by atoms with E-state index in [1.165, 1.54) is 0 Å². The van der Waals surface area contributed by atoms with Crippen LogP contribution in [0.3, 0.4) is 0 Å². The third-order valence-electron chi connectivity index (χ3n) is 2.10. The maximum Gasteiger partial charge on any atom is 0.231 e. The summed E-state index contributed by atoms with van der Waals surface area (Å²) in [5, 5.41) is 0. The predicted molar refractivity (Wildman–Crippen MR) is 57.9 cm³/mol. The number of hydrogen-bond acceptors (Lipinski definition) is 5. The Hall–Kier alpha value is -1.46. The first kappa shape index (κ1) is 11.0. The van der Waals surface area contributed by atoms with Crippen molar-refractivity contribution in [1.82, 2.24) is 0 Å². The minimum absolute atomic E-state index is 0.276. The van der Waals surface area contributed by atoms with E-state index in [1.807, 2.05) is 18.2 Å². The Kier molecular flexibility index (Phi) is 3.85. The van der Waals surface area contributed by atoms with E-state index in [9.17, 15) is 0 Å². The van der Waals surface area contributed by atoms with Gasteiger partial charge < -0.3 is 24.7 Å². The molecule has 0 aromatic heterocycles. The molecule has 2 rings (SSSR count). The summed E-state index contributed by atoms with van der Waals surface area (Å²) in [4.78, 5) is 0. The van der Waals surface area contributed by atoms with Gasteiger partial charge in [-0.15, -0.1) is 0 Å². The van der Waals surface area contributed by atoms with Crippen LogP contribution in [0.1, 0.15) is 0 Å². The molecule has 0 saturated carbocycles. The van der Waals surface area contributed by atoms with Crippen LogP contribution >= 0.6 is 0 Å². The molecule has 88 valence electrons. The first-order chi connectivity index (χ1) is 7.90. The zero-order valence-corrected chi connectivity index (χ0v) is 8.98. The van der Waals surface area contributed by atoms with E-state index in [0.717, 1.165) is 17.2 Å². The van der Waals surface area contributed by atoms with Crippen LogP contribution < -0.4 is 19.9 Å². The second kappa shape index (κ2) is 5.58. The van der Waals surface area contributed by atoms with Gasteiger partial charge in [0.1, 0.15) is 12.4 Å². The molecule has 5 nitrogen and oxygen atoms in total. The normalized spacial score (nSPS) is 12.8. The first-order valence-electron chi connectivity index (χ1n) is 5.20. The van der Waals surface area contributed by atoms with E-state index < -0.39 is 0 Å². The summed E-state index contributed by atoms with van der Waals surface area (Å²) in [6.45, 7) is 2.40. The van der Waals surface area contributed by atoms with Crippen molar-refractivity contribution < 1.29 is 18.9 Å². The summed E-state index contributed by atoms with van der Waals surface area (Å²) < 4.78 is 21.1. The lowest BCUT2D eigenvalue weighted by Gasteiger charge is -2.07. The zero-order valence-electron chi connectivity index (χ0n) is 8.98. The van der Waals surface area contributed by atoms with Crippen LogP contribution in [-0.4, -0.2) is 33.2 Å². The largest absolute Gasteiger partial charge is 0.491 e. The summed E-state index contributed by atoms with van der Waals surface area (Å²) in [6.07, 6.45) is 0. The Morgan fingerprint density at radius 1 is 1.12 bits per heavy atom. The van der Waals surface area contributed by atoms with E-state index in [1.54, 1.807) is 0 Å². The van der Waals surface area contributed by atoms with Crippen molar-refractivity contribution in [3.05, 3.63) is 18.2 Å². The molecule has 2 N–H and O–H groups in total. The van der Waals surface area contributed by atoms with Crippen molar-refractivity contribution in [3.8, 4) is 17.2 Å². The lowest BCUT2D eigenvalue weighted by molar-refractivity contribution is 0.106. The monoisotopic (exact) mass is 225 g/mol. The maximum atomic E-state index is 5.48. The zero-order chi connectivity index (χ0) is 11.2. The first-order valence-corrected chi connectivity index (χ1v) is 5.20. The SMILES string of the molecule is NCCOCCOc1ccc2c(c1)OCO2. The van der Waals surface area contributed by atoms with E-state index in [-0.39, 0.29) is 6.79 Å². The average Bonchev–Trinajstić information content (AvgIpc) is 2.76. The molecule has 0 unspecified atom stereocenters. The highest BCUT2D eigenvalue weighted by molar-refractivity contribution is 5.46. The molecule has 0 atom stereocenters. The van der Waals surface area contributed by atoms with Gasteiger partial charge in [-0.05, 0) is 12.1 Å². The van der Waals surface area contributed by atoms with Crippen LogP contribution in [0.2, 0.25) is 0 Å². The fourth-order valence-electron chi connectivity index (χ4n) is 1.37. The van der Waals surface area contributed by atoms with Gasteiger partial charge in [0, 0.05) is 12.6 Å². The van der Waals surface area contributed by atoms with Gasteiger partial charge in [-0.25, -0.2) is 0 Å². The van der Waals surface area contributed by atoms with Crippen molar-refractivity contribution in [3.63, 3.8) is 0 Å². The van der Waals surface area contributed by atoms with Crippen LogP contribution in [0.15, 0.2) is 18.2 Å². The molecule has 1 aliphatic rings. The van der Waals surface area contributed by atoms with Crippen LogP contribution in [-0.2, 0) is 4.74 Å². The Morgan fingerprint density at radius 2 is 2.00 bits per heavy atom. The van der Waals surface area contributed by atoms with Gasteiger partial charge in [0.05, 0.1) is 13.2 Å². The third-order valence-corrected chi connectivity index (χ3v) is 2.10. The predicted octanol–water partition coefficient (Wildman–Crippen LogP) is 0.769. The second-order valence-corrected chi connectivity index (χ2v) is 3.26. The number of nitrogens with two attached hydrogens (primary N) is 1. The second-order valence-electron chi connectivity index (χ2n) is 3.26. The van der Waals surface area contributed by atoms with Gasteiger partial charge in [0.25, 0.3) is 0 Å². The van der Waals surface area contributed by atoms with Crippen LogP contribution in [0.4, 0.5) is 0 Å². The van der Waals surface area contributed by atoms with Crippen molar-refractivity contribution in [2.75, 3.05) is 33.2 Å². The van der Waals surface area contributed by atoms with Gasteiger partial charge in [0.2, 0.25) is 6.79 Å². The molecular weight excluding hydrogens is 210 g/mol. The van der Waals surface area contributed by atoms with Crippen molar-refractivity contribution in [1.29, 1.82) is 0 Å². The Morgan fingerprint density at radius 3 is 2.88 bits per heavy atom. The lowest BCUT2D eigenvalue weighted by Crippen LogP contribution is -2.13. The summed E-state index contributed by atoms with van der Waals surface area (Å²) in [5.74, 6) is 2.23.